The van der Waals surface area contributed by atoms with E-state index in [9.17, 15) is 4.79 Å². The van der Waals surface area contributed by atoms with Crippen molar-refractivity contribution in [1.82, 2.24) is 30.4 Å². The molecule has 23 heavy (non-hydrogen) atoms. The predicted molar refractivity (Wildman–Crippen MR) is 85.7 cm³/mol. The van der Waals surface area contributed by atoms with Crippen LogP contribution in [-0.2, 0) is 17.9 Å². The lowest BCUT2D eigenvalue weighted by Crippen LogP contribution is -2.45. The molecule has 1 amide bonds. The molecule has 1 aromatic heterocycles. The number of aromatic nitrogens is 4. The third-order valence-corrected chi connectivity index (χ3v) is 4.22. The summed E-state index contributed by atoms with van der Waals surface area (Å²) in [6.45, 7) is 3.03. The standard InChI is InChI=1S/C15H19ClN6O/c16-13-3-1-12(2-4-13)9-21-7-5-14(6-8-21)18-15(23)10-22-11-17-19-20-22/h1-4,11,14H,5-10H2,(H,18,23). The summed E-state index contributed by atoms with van der Waals surface area (Å²) in [4.78, 5) is 14.3. The first kappa shape index (κ1) is 15.9. The summed E-state index contributed by atoms with van der Waals surface area (Å²) in [6.07, 6.45) is 3.35. The van der Waals surface area contributed by atoms with Crippen molar-refractivity contribution >= 4 is 17.5 Å². The Balaban J connectivity index is 1.41. The highest BCUT2D eigenvalue weighted by atomic mass is 35.5. The molecule has 1 N–H and O–H groups in total. The average molecular weight is 335 g/mol. The second-order valence-corrected chi connectivity index (χ2v) is 6.19. The Kier molecular flexibility index (Phi) is 5.19. The highest BCUT2D eigenvalue weighted by molar-refractivity contribution is 6.30. The molecule has 1 aromatic carbocycles. The minimum atomic E-state index is -0.0477. The molecule has 1 saturated heterocycles. The smallest absolute Gasteiger partial charge is 0.242 e. The number of hydrogen-bond donors (Lipinski definition) is 1. The largest absolute Gasteiger partial charge is 0.352 e. The van der Waals surface area contributed by atoms with Gasteiger partial charge in [-0.15, -0.1) is 5.10 Å². The number of hydrogen-bond acceptors (Lipinski definition) is 5. The van der Waals surface area contributed by atoms with Crippen molar-refractivity contribution in [3.8, 4) is 0 Å². The first-order valence-corrected chi connectivity index (χ1v) is 8.04. The number of piperidine rings is 1. The molecule has 0 aliphatic carbocycles. The summed E-state index contributed by atoms with van der Waals surface area (Å²) < 4.78 is 1.42. The fourth-order valence-corrected chi connectivity index (χ4v) is 2.88. The molecule has 2 heterocycles. The van der Waals surface area contributed by atoms with Crippen molar-refractivity contribution in [3.63, 3.8) is 0 Å². The highest BCUT2D eigenvalue weighted by Gasteiger charge is 2.20. The minimum absolute atomic E-state index is 0.0477. The summed E-state index contributed by atoms with van der Waals surface area (Å²) in [7, 11) is 0. The Morgan fingerprint density at radius 2 is 2.00 bits per heavy atom. The van der Waals surface area contributed by atoms with Gasteiger partial charge in [0.15, 0.2) is 0 Å². The average Bonchev–Trinajstić information content (AvgIpc) is 3.04. The maximum absolute atomic E-state index is 11.9. The van der Waals surface area contributed by atoms with E-state index in [0.717, 1.165) is 37.5 Å². The Morgan fingerprint density at radius 3 is 2.65 bits per heavy atom. The second kappa shape index (κ2) is 7.52. The van der Waals surface area contributed by atoms with Crippen LogP contribution in [-0.4, -0.2) is 50.1 Å². The van der Waals surface area contributed by atoms with Gasteiger partial charge in [0.1, 0.15) is 12.9 Å². The Labute approximate surface area is 139 Å². The van der Waals surface area contributed by atoms with Gasteiger partial charge in [0.25, 0.3) is 0 Å². The molecule has 8 heteroatoms. The van der Waals surface area contributed by atoms with Crippen LogP contribution in [0.5, 0.6) is 0 Å². The lowest BCUT2D eigenvalue weighted by molar-refractivity contribution is -0.122. The third kappa shape index (κ3) is 4.74. The van der Waals surface area contributed by atoms with E-state index in [-0.39, 0.29) is 18.5 Å². The first-order chi connectivity index (χ1) is 11.2. The van der Waals surface area contributed by atoms with Gasteiger partial charge < -0.3 is 5.32 Å². The number of carbonyl (C=O) groups is 1. The predicted octanol–water partition coefficient (Wildman–Crippen LogP) is 1.11. The number of nitrogens with one attached hydrogen (secondary N) is 1. The zero-order chi connectivity index (χ0) is 16.1. The zero-order valence-corrected chi connectivity index (χ0v) is 13.5. The van der Waals surface area contributed by atoms with Crippen molar-refractivity contribution < 1.29 is 4.79 Å². The second-order valence-electron chi connectivity index (χ2n) is 5.75. The summed E-state index contributed by atoms with van der Waals surface area (Å²) in [6, 6.07) is 8.18. The van der Waals surface area contributed by atoms with E-state index in [1.807, 2.05) is 12.1 Å². The van der Waals surface area contributed by atoms with E-state index in [0.29, 0.717) is 0 Å². The van der Waals surface area contributed by atoms with Gasteiger partial charge in [-0.05, 0) is 41.0 Å². The van der Waals surface area contributed by atoms with E-state index in [1.54, 1.807) is 0 Å². The van der Waals surface area contributed by atoms with Crippen LogP contribution in [0.15, 0.2) is 30.6 Å². The number of rotatable bonds is 5. The number of amides is 1. The van der Waals surface area contributed by atoms with Gasteiger partial charge in [0.2, 0.25) is 5.91 Å². The summed E-state index contributed by atoms with van der Waals surface area (Å²) in [5.41, 5.74) is 1.26. The van der Waals surface area contributed by atoms with Crippen LogP contribution < -0.4 is 5.32 Å². The molecule has 0 spiro atoms. The number of likely N-dealkylation sites (tertiary alicyclic amines) is 1. The highest BCUT2D eigenvalue weighted by Crippen LogP contribution is 2.15. The Hall–Kier alpha value is -1.99. The van der Waals surface area contributed by atoms with Crippen LogP contribution in [0.3, 0.4) is 0 Å². The number of benzene rings is 1. The Morgan fingerprint density at radius 1 is 1.26 bits per heavy atom. The van der Waals surface area contributed by atoms with Crippen LogP contribution in [0, 0.1) is 0 Å². The van der Waals surface area contributed by atoms with E-state index in [1.165, 1.54) is 16.6 Å². The maximum atomic E-state index is 11.9. The number of carbonyl (C=O) groups excluding carboxylic acids is 1. The van der Waals surface area contributed by atoms with Gasteiger partial charge in [-0.25, -0.2) is 4.68 Å². The zero-order valence-electron chi connectivity index (χ0n) is 12.7. The van der Waals surface area contributed by atoms with Gasteiger partial charge in [0.05, 0.1) is 0 Å². The molecule has 0 bridgehead atoms. The SMILES string of the molecule is O=C(Cn1cnnn1)NC1CCN(Cc2ccc(Cl)cc2)CC1. The molecule has 2 aromatic rings. The monoisotopic (exact) mass is 334 g/mol. The molecule has 122 valence electrons. The van der Waals surface area contributed by atoms with Crippen LogP contribution in [0.2, 0.25) is 5.02 Å². The lowest BCUT2D eigenvalue weighted by Gasteiger charge is -2.32. The summed E-state index contributed by atoms with van der Waals surface area (Å²) in [5, 5.41) is 14.5. The van der Waals surface area contributed by atoms with Gasteiger partial charge in [-0.2, -0.15) is 0 Å². The fourth-order valence-electron chi connectivity index (χ4n) is 2.76. The van der Waals surface area contributed by atoms with Crippen LogP contribution in [0.1, 0.15) is 18.4 Å². The van der Waals surface area contributed by atoms with E-state index >= 15 is 0 Å². The van der Waals surface area contributed by atoms with Crippen LogP contribution in [0.4, 0.5) is 0 Å². The molecule has 1 fully saturated rings. The number of halogens is 1. The van der Waals surface area contributed by atoms with E-state index in [2.05, 4.69) is 37.9 Å². The van der Waals surface area contributed by atoms with E-state index < -0.39 is 0 Å². The molecule has 0 radical (unpaired) electrons. The molecule has 1 aliphatic heterocycles. The quantitative estimate of drug-likeness (QED) is 0.886. The normalized spacial score (nSPS) is 16.4. The summed E-state index contributed by atoms with van der Waals surface area (Å²) in [5.74, 6) is -0.0477. The van der Waals surface area contributed by atoms with Crippen molar-refractivity contribution in [3.05, 3.63) is 41.2 Å². The molecule has 3 rings (SSSR count). The molecule has 0 unspecified atom stereocenters. The fraction of sp³-hybridized carbons (Fsp3) is 0.467. The first-order valence-electron chi connectivity index (χ1n) is 7.66. The molecule has 0 saturated carbocycles. The van der Waals surface area contributed by atoms with Crippen molar-refractivity contribution in [2.45, 2.75) is 32.0 Å². The maximum Gasteiger partial charge on any atom is 0.242 e. The van der Waals surface area contributed by atoms with Crippen LogP contribution in [0.25, 0.3) is 0 Å². The van der Waals surface area contributed by atoms with E-state index in [4.69, 9.17) is 11.6 Å². The summed E-state index contributed by atoms with van der Waals surface area (Å²) >= 11 is 5.90. The van der Waals surface area contributed by atoms with Gasteiger partial charge in [0, 0.05) is 30.7 Å². The molecule has 0 atom stereocenters. The Bertz CT molecular complexity index is 622. The molecular formula is C15H19ClN6O. The van der Waals surface area contributed by atoms with Crippen LogP contribution >= 0.6 is 11.6 Å². The number of nitrogens with zero attached hydrogens (tertiary/aromatic N) is 5. The lowest BCUT2D eigenvalue weighted by atomic mass is 10.0. The van der Waals surface area contributed by atoms with Gasteiger partial charge in [-0.3, -0.25) is 9.69 Å². The topological polar surface area (TPSA) is 75.9 Å². The van der Waals surface area contributed by atoms with Crippen molar-refractivity contribution in [1.29, 1.82) is 0 Å². The van der Waals surface area contributed by atoms with Gasteiger partial charge >= 0.3 is 0 Å². The number of tetrazole rings is 1. The van der Waals surface area contributed by atoms with Gasteiger partial charge in [-0.1, -0.05) is 23.7 Å². The molecule has 1 aliphatic rings. The molecular weight excluding hydrogens is 316 g/mol. The van der Waals surface area contributed by atoms with Crippen molar-refractivity contribution in [2.24, 2.45) is 0 Å². The van der Waals surface area contributed by atoms with Crippen molar-refractivity contribution in [2.75, 3.05) is 13.1 Å². The third-order valence-electron chi connectivity index (χ3n) is 3.97. The molecule has 7 nitrogen and oxygen atoms in total. The minimum Gasteiger partial charge on any atom is -0.352 e.